The number of aliphatic carboxylic acids is 1. The zero-order valence-electron chi connectivity index (χ0n) is 5.87. The normalized spacial score (nSPS) is 11.9. The summed E-state index contributed by atoms with van der Waals surface area (Å²) in [5.74, 6) is -0.943. The SMILES string of the molecule is C=CC(C=CC(=O)O)=CC. The van der Waals surface area contributed by atoms with E-state index in [1.165, 1.54) is 6.08 Å². The van der Waals surface area contributed by atoms with Gasteiger partial charge in [-0.3, -0.25) is 0 Å². The number of rotatable bonds is 3. The number of allylic oxidation sites excluding steroid dienone is 4. The Morgan fingerprint density at radius 1 is 1.50 bits per heavy atom. The van der Waals surface area contributed by atoms with Gasteiger partial charge < -0.3 is 5.11 Å². The standard InChI is InChI=1S/C8H10O2/c1-3-7(4-2)5-6-8(9)10/h3-6H,1H2,2H3,(H,9,10). The first-order valence-electron chi connectivity index (χ1n) is 2.90. The molecular formula is C8H10O2. The Labute approximate surface area is 60.2 Å². The third kappa shape index (κ3) is 3.66. The van der Waals surface area contributed by atoms with Gasteiger partial charge in [-0.1, -0.05) is 18.7 Å². The van der Waals surface area contributed by atoms with Crippen LogP contribution in [0.25, 0.3) is 0 Å². The first-order chi connectivity index (χ1) is 4.70. The lowest BCUT2D eigenvalue weighted by atomic mass is 10.2. The lowest BCUT2D eigenvalue weighted by Gasteiger charge is -1.86. The molecule has 0 saturated heterocycles. The fourth-order valence-electron chi connectivity index (χ4n) is 0.450. The molecule has 0 heterocycles. The molecule has 54 valence electrons. The van der Waals surface area contributed by atoms with Gasteiger partial charge in [-0.15, -0.1) is 0 Å². The maximum atomic E-state index is 9.99. The molecule has 0 unspecified atom stereocenters. The molecule has 10 heavy (non-hydrogen) atoms. The van der Waals surface area contributed by atoms with Gasteiger partial charge in [0.1, 0.15) is 0 Å². The number of hydrogen-bond donors (Lipinski definition) is 1. The molecule has 0 aromatic heterocycles. The van der Waals surface area contributed by atoms with E-state index in [9.17, 15) is 4.79 Å². The van der Waals surface area contributed by atoms with Gasteiger partial charge in [0.25, 0.3) is 0 Å². The Morgan fingerprint density at radius 3 is 2.40 bits per heavy atom. The lowest BCUT2D eigenvalue weighted by Crippen LogP contribution is -1.85. The van der Waals surface area contributed by atoms with Crippen LogP contribution >= 0.6 is 0 Å². The summed E-state index contributed by atoms with van der Waals surface area (Å²) in [7, 11) is 0. The molecule has 0 rings (SSSR count). The fourth-order valence-corrected chi connectivity index (χ4v) is 0.450. The Kier molecular flexibility index (Phi) is 3.96. The zero-order chi connectivity index (χ0) is 7.98. The summed E-state index contributed by atoms with van der Waals surface area (Å²) in [6.45, 7) is 5.32. The molecule has 2 nitrogen and oxygen atoms in total. The van der Waals surface area contributed by atoms with Crippen molar-refractivity contribution in [1.82, 2.24) is 0 Å². The van der Waals surface area contributed by atoms with Crippen molar-refractivity contribution < 1.29 is 9.90 Å². The predicted octanol–water partition coefficient (Wildman–Crippen LogP) is 1.76. The van der Waals surface area contributed by atoms with E-state index in [0.717, 1.165) is 11.6 Å². The van der Waals surface area contributed by atoms with E-state index >= 15 is 0 Å². The minimum atomic E-state index is -0.943. The molecular weight excluding hydrogens is 128 g/mol. The summed E-state index contributed by atoms with van der Waals surface area (Å²) in [5.41, 5.74) is 0.808. The molecule has 0 bridgehead atoms. The molecule has 0 aliphatic rings. The molecule has 0 saturated carbocycles. The number of hydrogen-bond acceptors (Lipinski definition) is 1. The molecule has 0 aromatic carbocycles. The summed E-state index contributed by atoms with van der Waals surface area (Å²) in [5, 5.41) is 8.21. The first-order valence-corrected chi connectivity index (χ1v) is 2.90. The van der Waals surface area contributed by atoms with Crippen molar-refractivity contribution in [3.05, 3.63) is 36.5 Å². The third-order valence-corrected chi connectivity index (χ3v) is 0.987. The maximum absolute atomic E-state index is 9.99. The van der Waals surface area contributed by atoms with Gasteiger partial charge in [-0.25, -0.2) is 4.79 Å². The van der Waals surface area contributed by atoms with Gasteiger partial charge in [0.05, 0.1) is 0 Å². The highest BCUT2D eigenvalue weighted by Gasteiger charge is 1.85. The Hall–Kier alpha value is -1.31. The van der Waals surface area contributed by atoms with Gasteiger partial charge >= 0.3 is 5.97 Å². The van der Waals surface area contributed by atoms with Crippen LogP contribution in [0.1, 0.15) is 6.92 Å². The Morgan fingerprint density at radius 2 is 2.10 bits per heavy atom. The molecule has 0 amide bonds. The molecule has 0 aromatic rings. The van der Waals surface area contributed by atoms with E-state index in [0.29, 0.717) is 0 Å². The van der Waals surface area contributed by atoms with Crippen molar-refractivity contribution in [2.45, 2.75) is 6.92 Å². The van der Waals surface area contributed by atoms with Crippen molar-refractivity contribution in [1.29, 1.82) is 0 Å². The van der Waals surface area contributed by atoms with Gasteiger partial charge in [-0.05, 0) is 18.6 Å². The predicted molar refractivity (Wildman–Crippen MR) is 40.7 cm³/mol. The van der Waals surface area contributed by atoms with Crippen LogP contribution in [0.3, 0.4) is 0 Å². The summed E-state index contributed by atoms with van der Waals surface area (Å²) < 4.78 is 0. The minimum Gasteiger partial charge on any atom is -0.478 e. The van der Waals surface area contributed by atoms with E-state index in [2.05, 4.69) is 6.58 Å². The van der Waals surface area contributed by atoms with E-state index in [4.69, 9.17) is 5.11 Å². The topological polar surface area (TPSA) is 37.3 Å². The molecule has 0 aliphatic carbocycles. The summed E-state index contributed by atoms with van der Waals surface area (Å²) in [6, 6.07) is 0. The highest BCUT2D eigenvalue weighted by molar-refractivity contribution is 5.80. The fraction of sp³-hybridized carbons (Fsp3) is 0.125. The highest BCUT2D eigenvalue weighted by Crippen LogP contribution is 1.96. The molecule has 0 aliphatic heterocycles. The maximum Gasteiger partial charge on any atom is 0.328 e. The molecule has 1 N–H and O–H groups in total. The monoisotopic (exact) mass is 138 g/mol. The van der Waals surface area contributed by atoms with E-state index in [1.54, 1.807) is 12.2 Å². The van der Waals surface area contributed by atoms with Crippen molar-refractivity contribution in [2.75, 3.05) is 0 Å². The van der Waals surface area contributed by atoms with E-state index in [-0.39, 0.29) is 0 Å². The molecule has 0 atom stereocenters. The van der Waals surface area contributed by atoms with Crippen molar-refractivity contribution in [3.8, 4) is 0 Å². The van der Waals surface area contributed by atoms with Crippen LogP contribution in [0.5, 0.6) is 0 Å². The average Bonchev–Trinajstić information content (AvgIpc) is 1.90. The lowest BCUT2D eigenvalue weighted by molar-refractivity contribution is -0.131. The van der Waals surface area contributed by atoms with Gasteiger partial charge in [-0.2, -0.15) is 0 Å². The summed E-state index contributed by atoms with van der Waals surface area (Å²) >= 11 is 0. The Bertz CT molecular complexity index is 187. The smallest absolute Gasteiger partial charge is 0.328 e. The quantitative estimate of drug-likeness (QED) is 0.476. The minimum absolute atomic E-state index is 0.808. The van der Waals surface area contributed by atoms with Gasteiger partial charge in [0.2, 0.25) is 0 Å². The summed E-state index contributed by atoms with van der Waals surface area (Å²) in [6.07, 6.45) is 5.96. The summed E-state index contributed by atoms with van der Waals surface area (Å²) in [4.78, 5) is 9.99. The number of carboxylic acids is 1. The Balaban J connectivity index is 4.11. The largest absolute Gasteiger partial charge is 0.478 e. The second-order valence-corrected chi connectivity index (χ2v) is 1.66. The zero-order valence-corrected chi connectivity index (χ0v) is 5.87. The molecule has 0 radical (unpaired) electrons. The van der Waals surface area contributed by atoms with E-state index in [1.807, 2.05) is 6.92 Å². The van der Waals surface area contributed by atoms with Crippen LogP contribution < -0.4 is 0 Å². The van der Waals surface area contributed by atoms with Crippen LogP contribution in [-0.4, -0.2) is 11.1 Å². The molecule has 2 heteroatoms. The second-order valence-electron chi connectivity index (χ2n) is 1.66. The van der Waals surface area contributed by atoms with Gasteiger partial charge in [0.15, 0.2) is 0 Å². The number of carbonyl (C=O) groups is 1. The van der Waals surface area contributed by atoms with Crippen LogP contribution in [0, 0.1) is 0 Å². The van der Waals surface area contributed by atoms with Crippen LogP contribution in [0.4, 0.5) is 0 Å². The van der Waals surface area contributed by atoms with Crippen LogP contribution in [0.15, 0.2) is 36.5 Å². The van der Waals surface area contributed by atoms with Crippen molar-refractivity contribution in [3.63, 3.8) is 0 Å². The average molecular weight is 138 g/mol. The van der Waals surface area contributed by atoms with Crippen molar-refractivity contribution in [2.24, 2.45) is 0 Å². The second kappa shape index (κ2) is 4.56. The van der Waals surface area contributed by atoms with E-state index < -0.39 is 5.97 Å². The van der Waals surface area contributed by atoms with Crippen LogP contribution in [0.2, 0.25) is 0 Å². The van der Waals surface area contributed by atoms with Crippen LogP contribution in [-0.2, 0) is 4.79 Å². The van der Waals surface area contributed by atoms with Gasteiger partial charge in [0, 0.05) is 6.08 Å². The number of carboxylic acid groups (broad SMARTS) is 1. The first kappa shape index (κ1) is 8.69. The molecule has 0 spiro atoms. The molecule has 0 fully saturated rings. The highest BCUT2D eigenvalue weighted by atomic mass is 16.4. The third-order valence-electron chi connectivity index (χ3n) is 0.987. The van der Waals surface area contributed by atoms with Crippen molar-refractivity contribution >= 4 is 5.97 Å².